The summed E-state index contributed by atoms with van der Waals surface area (Å²) in [5.74, 6) is -0.568. The van der Waals surface area contributed by atoms with Gasteiger partial charge in [-0.2, -0.15) is 0 Å². The van der Waals surface area contributed by atoms with E-state index < -0.39 is 201 Å². The summed E-state index contributed by atoms with van der Waals surface area (Å²) in [6, 6.07) is 0. The highest BCUT2D eigenvalue weighted by atomic mass is 16.7. The zero-order chi connectivity index (χ0) is 59.1. The summed E-state index contributed by atoms with van der Waals surface area (Å²) >= 11 is 0. The van der Waals surface area contributed by atoms with Gasteiger partial charge in [0.1, 0.15) is 97.7 Å². The minimum Gasteiger partial charge on any atom is -0.394 e. The van der Waals surface area contributed by atoms with Crippen LogP contribution < -0.4 is 0 Å². The number of hydrogen-bond donors (Lipinski definition) is 17. The fourth-order valence-electron chi connectivity index (χ4n) is 16.1. The molecule has 7 fully saturated rings. The Balaban J connectivity index is 0.937. The van der Waals surface area contributed by atoms with Crippen LogP contribution in [0.2, 0.25) is 0 Å². The first-order valence-electron chi connectivity index (χ1n) is 28.7. The number of allylic oxidation sites excluding steroid dienone is 1. The number of hydrogen-bond acceptors (Lipinski definition) is 25. The molecule has 0 radical (unpaired) electrons. The van der Waals surface area contributed by atoms with E-state index >= 15 is 0 Å². The van der Waals surface area contributed by atoms with Gasteiger partial charge in [0.2, 0.25) is 0 Å². The van der Waals surface area contributed by atoms with Crippen molar-refractivity contribution in [3.63, 3.8) is 0 Å². The molecule has 80 heavy (non-hydrogen) atoms. The van der Waals surface area contributed by atoms with Crippen molar-refractivity contribution in [3.8, 4) is 0 Å². The fourth-order valence-corrected chi connectivity index (χ4v) is 16.1. The van der Waals surface area contributed by atoms with Crippen LogP contribution in [-0.2, 0) is 37.9 Å². The lowest BCUT2D eigenvalue weighted by molar-refractivity contribution is -0.342. The van der Waals surface area contributed by atoms with Gasteiger partial charge in [0.05, 0.1) is 56.4 Å². The fraction of sp³-hybridized carbons (Fsp3) is 0.964. The monoisotopic (exact) mass is 1150 g/mol. The maximum atomic E-state index is 12.8. The second-order valence-electron chi connectivity index (χ2n) is 26.1. The van der Waals surface area contributed by atoms with Gasteiger partial charge < -0.3 is 125 Å². The highest BCUT2D eigenvalue weighted by molar-refractivity contribution is 5.32. The van der Waals surface area contributed by atoms with E-state index in [1.807, 2.05) is 20.8 Å². The molecule has 8 aliphatic rings. The first-order valence-corrected chi connectivity index (χ1v) is 28.7. The molecule has 25 heteroatoms. The van der Waals surface area contributed by atoms with Crippen molar-refractivity contribution in [2.75, 3.05) is 26.4 Å². The highest BCUT2D eigenvalue weighted by Gasteiger charge is 2.72. The Bertz CT molecular complexity index is 2080. The molecule has 4 heterocycles. The molecule has 31 atom stereocenters. The van der Waals surface area contributed by atoms with Crippen molar-refractivity contribution < 1.29 is 125 Å². The van der Waals surface area contributed by atoms with E-state index in [1.54, 1.807) is 0 Å². The molecule has 8 rings (SSSR count). The predicted molar refractivity (Wildman–Crippen MR) is 274 cm³/mol. The van der Waals surface area contributed by atoms with Crippen molar-refractivity contribution in [3.05, 3.63) is 11.6 Å². The molecule has 0 amide bonds. The smallest absolute Gasteiger partial charge is 0.187 e. The van der Waals surface area contributed by atoms with Crippen LogP contribution in [0.25, 0.3) is 0 Å². The summed E-state index contributed by atoms with van der Waals surface area (Å²) < 4.78 is 46.8. The third-order valence-electron chi connectivity index (χ3n) is 21.2. The van der Waals surface area contributed by atoms with Crippen molar-refractivity contribution >= 4 is 0 Å². The lowest BCUT2D eigenvalue weighted by atomic mass is 9.37. The van der Waals surface area contributed by atoms with Gasteiger partial charge in [-0.05, 0) is 93.3 Å². The van der Waals surface area contributed by atoms with E-state index in [9.17, 15) is 86.8 Å². The van der Waals surface area contributed by atoms with Gasteiger partial charge in [0, 0.05) is 17.3 Å². The summed E-state index contributed by atoms with van der Waals surface area (Å²) in [7, 11) is 0. The topological polar surface area (TPSA) is 418 Å². The minimum atomic E-state index is -1.84. The van der Waals surface area contributed by atoms with Crippen LogP contribution >= 0.6 is 0 Å². The van der Waals surface area contributed by atoms with Gasteiger partial charge in [-0.25, -0.2) is 0 Å². The number of aliphatic hydroxyl groups excluding tert-OH is 16. The van der Waals surface area contributed by atoms with Gasteiger partial charge in [-0.15, -0.1) is 0 Å². The van der Waals surface area contributed by atoms with Gasteiger partial charge in [0.15, 0.2) is 25.2 Å². The molecule has 4 saturated heterocycles. The number of aliphatic hydroxyl groups is 17. The summed E-state index contributed by atoms with van der Waals surface area (Å²) in [4.78, 5) is 0. The number of fused-ring (bicyclic) bond motifs is 5. The average Bonchev–Trinajstić information content (AvgIpc) is 2.83. The van der Waals surface area contributed by atoms with E-state index in [1.165, 1.54) is 13.8 Å². The summed E-state index contributed by atoms with van der Waals surface area (Å²) in [6.07, 6.45) is -29.2. The van der Waals surface area contributed by atoms with Crippen molar-refractivity contribution in [2.45, 2.75) is 260 Å². The molecule has 464 valence electrons. The van der Waals surface area contributed by atoms with Crippen molar-refractivity contribution in [1.82, 2.24) is 0 Å². The molecular formula is C55H94O25. The summed E-state index contributed by atoms with van der Waals surface area (Å²) in [5.41, 5.74) is -2.59. The maximum Gasteiger partial charge on any atom is 0.187 e. The molecule has 4 aliphatic carbocycles. The largest absolute Gasteiger partial charge is 0.394 e. The molecule has 0 spiro atoms. The van der Waals surface area contributed by atoms with E-state index in [-0.39, 0.29) is 29.6 Å². The molecule has 0 aromatic heterocycles. The molecule has 3 saturated carbocycles. The average molecular weight is 1160 g/mol. The van der Waals surface area contributed by atoms with E-state index in [2.05, 4.69) is 26.8 Å². The minimum absolute atomic E-state index is 0.0199. The maximum absolute atomic E-state index is 12.8. The van der Waals surface area contributed by atoms with Crippen LogP contribution in [0.3, 0.4) is 0 Å². The lowest BCUT2D eigenvalue weighted by Crippen LogP contribution is -2.66. The van der Waals surface area contributed by atoms with Crippen molar-refractivity contribution in [2.24, 2.45) is 45.3 Å². The highest BCUT2D eigenvalue weighted by Crippen LogP contribution is 2.76. The zero-order valence-electron chi connectivity index (χ0n) is 47.1. The van der Waals surface area contributed by atoms with Crippen LogP contribution in [0, 0.1) is 45.3 Å². The molecule has 2 unspecified atom stereocenters. The van der Waals surface area contributed by atoms with Gasteiger partial charge in [0.25, 0.3) is 0 Å². The van der Waals surface area contributed by atoms with Gasteiger partial charge in [-0.3, -0.25) is 0 Å². The first-order chi connectivity index (χ1) is 37.3. The van der Waals surface area contributed by atoms with E-state index in [0.29, 0.717) is 25.7 Å². The molecule has 17 N–H and O–H groups in total. The van der Waals surface area contributed by atoms with Crippen LogP contribution in [-0.4, -0.2) is 266 Å². The van der Waals surface area contributed by atoms with E-state index in [4.69, 9.17) is 37.9 Å². The quantitative estimate of drug-likeness (QED) is 0.0584. The Labute approximate surface area is 466 Å². The second kappa shape index (κ2) is 24.5. The SMILES string of the molecule is CC[C@@]12CCC([C@H](C)C(O)C[C@@H](O[C@@H]3O[C@H](CO[C@@H]4O[C@H](CO)[C@@H](O)[C@H](O)[C@H]4O)[C@@H](O)[C@H](O)[C@H]3O)C(C)(C)O)[C@@]1(C)C[C@@H](O)[C@@]1(C)[C@@H]3CC[C@H](O[C@@H]4O[C@H](CO[C@@H]5O[C@H](CO)[C@@H](O)[C@H](O)[C@H]5O)[C@@H](O)[C@H](O)[C@H]4O)C(C)(C)C3=CC[C@H]12. The van der Waals surface area contributed by atoms with Crippen LogP contribution in [0.1, 0.15) is 107 Å². The third-order valence-corrected chi connectivity index (χ3v) is 21.2. The van der Waals surface area contributed by atoms with Crippen LogP contribution in [0.4, 0.5) is 0 Å². The molecule has 0 aromatic carbocycles. The Morgan fingerprint density at radius 1 is 0.625 bits per heavy atom. The molecule has 4 aliphatic heterocycles. The van der Waals surface area contributed by atoms with Crippen LogP contribution in [0.15, 0.2) is 11.6 Å². The molecule has 25 nitrogen and oxygen atoms in total. The Morgan fingerprint density at radius 3 is 1.57 bits per heavy atom. The lowest BCUT2D eigenvalue weighted by Gasteiger charge is -2.68. The summed E-state index contributed by atoms with van der Waals surface area (Å²) in [6.45, 7) is 13.1. The van der Waals surface area contributed by atoms with Gasteiger partial charge in [-0.1, -0.05) is 53.2 Å². The van der Waals surface area contributed by atoms with Gasteiger partial charge >= 0.3 is 0 Å². The Kier molecular flexibility index (Phi) is 19.8. The predicted octanol–water partition coefficient (Wildman–Crippen LogP) is -3.87. The third kappa shape index (κ3) is 11.3. The Hall–Kier alpha value is -1.26. The standard InChI is InChI=1S/C55H94O25/c1-9-55-15-14-23(22(2)26(58)16-34(52(5,6)72)80-50-46(71)42(67)38(63)30(78-50)21-74-48-44(69)40(65)36(61)28(19-57)76-48)53(55,7)17-32(59)54(8)25-11-13-33(51(3,4)24(25)10-12-31(54)55)79-49-45(70)41(66)37(62)29(77-49)20-73-47-43(68)39(64)35(60)27(18-56)75-47/h10,22-23,25-50,56-72H,9,11-21H2,1-8H3/t22-,23?,25+,26?,27+,28+,29+,30+,31+,32+,33-,34+,35+,36+,37+,38+,39-,40-,41-,42-,43+,44+,45+,46+,47+,48+,49-,50-,53+,54-,55-/m0/s1. The van der Waals surface area contributed by atoms with E-state index in [0.717, 1.165) is 24.8 Å². The Morgan fingerprint density at radius 2 is 1.09 bits per heavy atom. The van der Waals surface area contributed by atoms with Crippen molar-refractivity contribution in [1.29, 1.82) is 0 Å². The second-order valence-corrected chi connectivity index (χ2v) is 26.1. The normalized spacial score (nSPS) is 50.9. The zero-order valence-corrected chi connectivity index (χ0v) is 47.1. The first kappa shape index (κ1) is 64.7. The molecular weight excluding hydrogens is 1060 g/mol. The van der Waals surface area contributed by atoms with Crippen LogP contribution in [0.5, 0.6) is 0 Å². The number of rotatable bonds is 18. The molecule has 0 aromatic rings. The number of ether oxygens (including phenoxy) is 8. The molecule has 0 bridgehead atoms. The summed E-state index contributed by atoms with van der Waals surface area (Å²) in [5, 5.41) is 184.